The van der Waals surface area contributed by atoms with Crippen LogP contribution in [0.3, 0.4) is 0 Å². The molecule has 1 aromatic heterocycles. The van der Waals surface area contributed by atoms with Crippen molar-refractivity contribution in [2.24, 2.45) is 0 Å². The largest absolute Gasteiger partial charge is 0.316 e. The lowest BCUT2D eigenvalue weighted by atomic mass is 10.1. The molecule has 0 bridgehead atoms. The first-order valence-corrected chi connectivity index (χ1v) is 5.90. The molecular weight excluding hydrogens is 324 g/mol. The Balaban J connectivity index is 0.00000144. The molecule has 1 heterocycles. The highest BCUT2D eigenvalue weighted by atomic mass is 79.9. The van der Waals surface area contributed by atoms with E-state index in [-0.39, 0.29) is 29.3 Å². The number of nitrogens with one attached hydrogen (secondary N) is 1. The first-order valence-electron chi connectivity index (χ1n) is 4.64. The SMILES string of the molecule is Br.N=c1sccn1CC(=O)c1ccc(Cl)cc1. The maximum atomic E-state index is 11.8. The molecule has 0 aliphatic rings. The number of carbonyl (C=O) groups excluding carboxylic acids is 1. The monoisotopic (exact) mass is 332 g/mol. The summed E-state index contributed by atoms with van der Waals surface area (Å²) in [6.07, 6.45) is 1.74. The molecule has 0 aliphatic carbocycles. The van der Waals surface area contributed by atoms with E-state index < -0.39 is 0 Å². The van der Waals surface area contributed by atoms with Gasteiger partial charge in [-0.2, -0.15) is 0 Å². The van der Waals surface area contributed by atoms with Crippen LogP contribution >= 0.6 is 39.9 Å². The van der Waals surface area contributed by atoms with E-state index in [0.29, 0.717) is 15.4 Å². The Morgan fingerprint density at radius 2 is 2.00 bits per heavy atom. The average molecular weight is 334 g/mol. The number of rotatable bonds is 3. The van der Waals surface area contributed by atoms with Crippen molar-refractivity contribution in [1.29, 1.82) is 5.41 Å². The van der Waals surface area contributed by atoms with Crippen LogP contribution in [0.4, 0.5) is 0 Å². The smallest absolute Gasteiger partial charge is 0.182 e. The van der Waals surface area contributed by atoms with Gasteiger partial charge in [-0.15, -0.1) is 28.3 Å². The molecule has 0 fully saturated rings. The lowest BCUT2D eigenvalue weighted by Gasteiger charge is -2.02. The van der Waals surface area contributed by atoms with Crippen LogP contribution in [0, 0.1) is 5.41 Å². The Kier molecular flexibility index (Phi) is 5.11. The summed E-state index contributed by atoms with van der Waals surface area (Å²) in [7, 11) is 0. The summed E-state index contributed by atoms with van der Waals surface area (Å²) in [5.41, 5.74) is 0.613. The molecule has 90 valence electrons. The molecule has 17 heavy (non-hydrogen) atoms. The van der Waals surface area contributed by atoms with Gasteiger partial charge in [0.1, 0.15) is 0 Å². The van der Waals surface area contributed by atoms with Crippen LogP contribution < -0.4 is 4.80 Å². The summed E-state index contributed by atoms with van der Waals surface area (Å²) in [5.74, 6) is -0.0198. The van der Waals surface area contributed by atoms with Gasteiger partial charge in [0.05, 0.1) is 6.54 Å². The fourth-order valence-corrected chi connectivity index (χ4v) is 2.03. The van der Waals surface area contributed by atoms with E-state index in [1.807, 2.05) is 0 Å². The van der Waals surface area contributed by atoms with Gasteiger partial charge in [0.25, 0.3) is 0 Å². The fourth-order valence-electron chi connectivity index (χ4n) is 1.31. The van der Waals surface area contributed by atoms with Gasteiger partial charge in [-0.25, -0.2) is 0 Å². The molecule has 3 nitrogen and oxygen atoms in total. The van der Waals surface area contributed by atoms with E-state index in [0.717, 1.165) is 0 Å². The van der Waals surface area contributed by atoms with Crippen molar-refractivity contribution in [2.45, 2.75) is 6.54 Å². The van der Waals surface area contributed by atoms with E-state index in [1.54, 1.807) is 40.4 Å². The zero-order valence-electron chi connectivity index (χ0n) is 8.72. The minimum atomic E-state index is -0.0198. The standard InChI is InChI=1S/C11H9ClN2OS.BrH/c12-9-3-1-8(2-4-9)10(15)7-14-5-6-16-11(14)13;/h1-6,13H,7H2;1H. The Morgan fingerprint density at radius 1 is 1.35 bits per heavy atom. The van der Waals surface area contributed by atoms with Gasteiger partial charge in [0.15, 0.2) is 10.6 Å². The minimum Gasteiger partial charge on any atom is -0.316 e. The lowest BCUT2D eigenvalue weighted by Crippen LogP contribution is -2.18. The van der Waals surface area contributed by atoms with Crippen LogP contribution in [0.25, 0.3) is 0 Å². The molecule has 0 saturated carbocycles. The number of thiazole rings is 1. The van der Waals surface area contributed by atoms with Crippen LogP contribution in [-0.4, -0.2) is 10.4 Å². The van der Waals surface area contributed by atoms with Crippen molar-refractivity contribution in [3.8, 4) is 0 Å². The predicted molar refractivity (Wildman–Crippen MR) is 74.3 cm³/mol. The molecule has 1 N–H and O–H groups in total. The maximum Gasteiger partial charge on any atom is 0.182 e. The molecule has 6 heteroatoms. The highest BCUT2D eigenvalue weighted by Crippen LogP contribution is 2.10. The third-order valence-corrected chi connectivity index (χ3v) is 3.13. The van der Waals surface area contributed by atoms with E-state index in [4.69, 9.17) is 17.0 Å². The zero-order valence-corrected chi connectivity index (χ0v) is 12.0. The van der Waals surface area contributed by atoms with Gasteiger partial charge in [-0.05, 0) is 24.3 Å². The number of nitrogens with zero attached hydrogens (tertiary/aromatic N) is 1. The Hall–Kier alpha value is -0.910. The number of carbonyl (C=O) groups is 1. The molecule has 0 radical (unpaired) electrons. The topological polar surface area (TPSA) is 45.9 Å². The second-order valence-corrected chi connectivity index (χ2v) is 4.60. The van der Waals surface area contributed by atoms with Crippen molar-refractivity contribution in [3.05, 3.63) is 51.2 Å². The summed E-state index contributed by atoms with van der Waals surface area (Å²) in [5, 5.41) is 9.95. The molecule has 0 spiro atoms. The number of halogens is 2. The summed E-state index contributed by atoms with van der Waals surface area (Å²) in [6, 6.07) is 6.77. The van der Waals surface area contributed by atoms with Crippen LogP contribution in [0.5, 0.6) is 0 Å². The quantitative estimate of drug-likeness (QED) is 0.862. The summed E-state index contributed by atoms with van der Waals surface area (Å²) in [4.78, 5) is 12.2. The molecule has 0 aliphatic heterocycles. The first-order chi connectivity index (χ1) is 7.66. The Labute approximate surface area is 118 Å². The van der Waals surface area contributed by atoms with Crippen molar-refractivity contribution in [3.63, 3.8) is 0 Å². The molecule has 0 atom stereocenters. The summed E-state index contributed by atoms with van der Waals surface area (Å²) in [6.45, 7) is 0.198. The lowest BCUT2D eigenvalue weighted by molar-refractivity contribution is 0.0971. The van der Waals surface area contributed by atoms with Crippen molar-refractivity contribution in [2.75, 3.05) is 0 Å². The van der Waals surface area contributed by atoms with E-state index in [9.17, 15) is 4.79 Å². The van der Waals surface area contributed by atoms with Gasteiger partial charge in [0.2, 0.25) is 0 Å². The number of hydrogen-bond acceptors (Lipinski definition) is 3. The molecule has 0 unspecified atom stereocenters. The third kappa shape index (κ3) is 3.52. The molecule has 2 aromatic rings. The molecule has 0 saturated heterocycles. The first kappa shape index (κ1) is 14.2. The summed E-state index contributed by atoms with van der Waals surface area (Å²) >= 11 is 7.04. The molecule has 2 rings (SSSR count). The number of benzene rings is 1. The second kappa shape index (κ2) is 6.14. The van der Waals surface area contributed by atoms with Gasteiger partial charge in [-0.1, -0.05) is 11.6 Å². The van der Waals surface area contributed by atoms with Crippen molar-refractivity contribution in [1.82, 2.24) is 4.57 Å². The number of aromatic nitrogens is 1. The zero-order chi connectivity index (χ0) is 11.5. The highest BCUT2D eigenvalue weighted by molar-refractivity contribution is 8.93. The maximum absolute atomic E-state index is 11.8. The van der Waals surface area contributed by atoms with Gasteiger partial charge in [0, 0.05) is 22.2 Å². The average Bonchev–Trinajstić information content (AvgIpc) is 2.65. The number of ketones is 1. The number of hydrogen-bond donors (Lipinski definition) is 1. The van der Waals surface area contributed by atoms with Gasteiger partial charge in [-0.3, -0.25) is 10.2 Å². The van der Waals surface area contributed by atoms with Crippen LogP contribution in [0.1, 0.15) is 10.4 Å². The van der Waals surface area contributed by atoms with Crippen molar-refractivity contribution >= 4 is 45.7 Å². The number of Topliss-reactive ketones (excluding diaryl/α,β-unsaturated/α-hetero) is 1. The van der Waals surface area contributed by atoms with E-state index >= 15 is 0 Å². The van der Waals surface area contributed by atoms with E-state index in [2.05, 4.69) is 0 Å². The minimum absolute atomic E-state index is 0. The van der Waals surface area contributed by atoms with Crippen LogP contribution in [0.15, 0.2) is 35.8 Å². The molecule has 0 amide bonds. The third-order valence-electron chi connectivity index (χ3n) is 2.16. The molecule has 1 aromatic carbocycles. The van der Waals surface area contributed by atoms with Crippen molar-refractivity contribution < 1.29 is 4.79 Å². The highest BCUT2D eigenvalue weighted by Gasteiger charge is 2.06. The van der Waals surface area contributed by atoms with Gasteiger partial charge < -0.3 is 4.57 Å². The van der Waals surface area contributed by atoms with Gasteiger partial charge >= 0.3 is 0 Å². The summed E-state index contributed by atoms with van der Waals surface area (Å²) < 4.78 is 1.61. The normalized spacial score (nSPS) is 9.71. The van der Waals surface area contributed by atoms with E-state index in [1.165, 1.54) is 11.3 Å². The fraction of sp³-hybridized carbons (Fsp3) is 0.0909. The predicted octanol–water partition coefficient (Wildman–Crippen LogP) is 3.14. The van der Waals surface area contributed by atoms with Crippen LogP contribution in [-0.2, 0) is 6.54 Å². The Morgan fingerprint density at radius 3 is 2.53 bits per heavy atom. The molecular formula is C11H10BrClN2OS. The Bertz CT molecular complexity index is 561. The van der Waals surface area contributed by atoms with Crippen LogP contribution in [0.2, 0.25) is 5.02 Å². The second-order valence-electron chi connectivity index (χ2n) is 3.27.